The Kier molecular flexibility index (Phi) is 4.61. The topological polar surface area (TPSA) is 52.7 Å². The summed E-state index contributed by atoms with van der Waals surface area (Å²) in [5.41, 5.74) is 1.62. The minimum atomic E-state index is -0.927. The van der Waals surface area contributed by atoms with Crippen molar-refractivity contribution in [3.8, 4) is 0 Å². The van der Waals surface area contributed by atoms with Crippen LogP contribution in [0.4, 0.5) is 11.4 Å². The van der Waals surface area contributed by atoms with Crippen LogP contribution in [-0.4, -0.2) is 40.9 Å². The fraction of sp³-hybridized carbons (Fsp3) is 0.364. The lowest BCUT2D eigenvalue weighted by atomic mass is 9.79. The zero-order valence-corrected chi connectivity index (χ0v) is 17.7. The molecule has 2 fully saturated rings. The van der Waals surface area contributed by atoms with Crippen LogP contribution in [0.5, 0.6) is 0 Å². The Labute approximate surface area is 179 Å². The van der Waals surface area contributed by atoms with Crippen molar-refractivity contribution in [3.63, 3.8) is 0 Å². The van der Waals surface area contributed by atoms with Crippen LogP contribution in [0, 0.1) is 5.92 Å². The number of thioether (sulfide) groups is 1. The van der Waals surface area contributed by atoms with Crippen LogP contribution in [0.1, 0.15) is 18.9 Å². The first-order valence-corrected chi connectivity index (χ1v) is 11.4. The van der Waals surface area contributed by atoms with E-state index in [-0.39, 0.29) is 17.9 Å². The first kappa shape index (κ1) is 19.0. The van der Waals surface area contributed by atoms with Crippen LogP contribution in [0.15, 0.2) is 48.5 Å². The molecule has 7 heteroatoms. The zero-order valence-electron chi connectivity index (χ0n) is 16.1. The summed E-state index contributed by atoms with van der Waals surface area (Å²) in [7, 11) is 0. The van der Waals surface area contributed by atoms with Gasteiger partial charge >= 0.3 is 0 Å². The highest BCUT2D eigenvalue weighted by Gasteiger charge is 2.67. The average molecular weight is 428 g/mol. The Morgan fingerprint density at radius 2 is 2.10 bits per heavy atom. The predicted molar refractivity (Wildman–Crippen MR) is 117 cm³/mol. The third kappa shape index (κ3) is 2.66. The summed E-state index contributed by atoms with van der Waals surface area (Å²) in [6, 6.07) is 15.3. The Hall–Kier alpha value is -2.02. The predicted octanol–water partition coefficient (Wildman–Crippen LogP) is 3.94. The second-order valence-electron chi connectivity index (χ2n) is 7.74. The Morgan fingerprint density at radius 1 is 1.28 bits per heavy atom. The van der Waals surface area contributed by atoms with Crippen molar-refractivity contribution in [2.75, 3.05) is 28.4 Å². The standard InChI is InChI=1S/C22H22ClN3O2S/c1-2-25-19-9-4-3-8-17(19)22(21(25)28)18(11-16-12-29-13-26(16)22)20(27)24-15-7-5-6-14(23)10-15/h3-10,16,18H,2,11-13H2,1H3,(H,24,27)/t16-,18-,22-/m0/s1. The molecule has 2 aromatic carbocycles. The number of hydrogen-bond acceptors (Lipinski definition) is 4. The molecule has 0 bridgehead atoms. The van der Waals surface area contributed by atoms with E-state index in [2.05, 4.69) is 10.2 Å². The second kappa shape index (κ2) is 7.04. The molecule has 0 radical (unpaired) electrons. The van der Waals surface area contributed by atoms with E-state index in [4.69, 9.17) is 11.6 Å². The van der Waals surface area contributed by atoms with Gasteiger partial charge in [0.15, 0.2) is 0 Å². The molecule has 150 valence electrons. The summed E-state index contributed by atoms with van der Waals surface area (Å²) < 4.78 is 0. The van der Waals surface area contributed by atoms with Gasteiger partial charge in [-0.1, -0.05) is 35.9 Å². The molecular formula is C22H22ClN3O2S. The molecule has 0 saturated carbocycles. The van der Waals surface area contributed by atoms with Crippen molar-refractivity contribution in [2.45, 2.75) is 24.9 Å². The van der Waals surface area contributed by atoms with Gasteiger partial charge in [-0.15, -0.1) is 11.8 Å². The van der Waals surface area contributed by atoms with Gasteiger partial charge in [0.1, 0.15) is 5.54 Å². The largest absolute Gasteiger partial charge is 0.326 e. The molecule has 1 spiro atoms. The van der Waals surface area contributed by atoms with E-state index in [9.17, 15) is 9.59 Å². The molecular weight excluding hydrogens is 406 g/mol. The molecule has 29 heavy (non-hydrogen) atoms. The molecule has 1 N–H and O–H groups in total. The molecule has 2 amide bonds. The fourth-order valence-corrected chi connectivity index (χ4v) is 6.69. The summed E-state index contributed by atoms with van der Waals surface area (Å²) in [5.74, 6) is 1.18. The highest BCUT2D eigenvalue weighted by atomic mass is 35.5. The smallest absolute Gasteiger partial charge is 0.253 e. The molecule has 5 nitrogen and oxygen atoms in total. The van der Waals surface area contributed by atoms with Crippen molar-refractivity contribution >= 4 is 46.6 Å². The summed E-state index contributed by atoms with van der Waals surface area (Å²) >= 11 is 7.93. The molecule has 0 aromatic heterocycles. The van der Waals surface area contributed by atoms with Gasteiger partial charge in [-0.05, 0) is 37.6 Å². The number of halogens is 1. The number of carbonyl (C=O) groups is 2. The van der Waals surface area contributed by atoms with Crippen LogP contribution in [0.2, 0.25) is 5.02 Å². The zero-order chi connectivity index (χ0) is 20.2. The number of nitrogens with zero attached hydrogens (tertiary/aromatic N) is 2. The van der Waals surface area contributed by atoms with Crippen molar-refractivity contribution in [1.82, 2.24) is 4.90 Å². The lowest BCUT2D eigenvalue weighted by molar-refractivity contribution is -0.136. The number of nitrogens with one attached hydrogen (secondary N) is 1. The summed E-state index contributed by atoms with van der Waals surface area (Å²) in [6.45, 7) is 2.58. The number of anilines is 2. The van der Waals surface area contributed by atoms with Crippen LogP contribution in [-0.2, 0) is 15.1 Å². The third-order valence-corrected chi connectivity index (χ3v) is 7.66. The molecule has 3 heterocycles. The van der Waals surface area contributed by atoms with Gasteiger partial charge in [0.2, 0.25) is 5.91 Å². The number of carbonyl (C=O) groups excluding carboxylic acids is 2. The second-order valence-corrected chi connectivity index (χ2v) is 9.18. The van der Waals surface area contributed by atoms with Gasteiger partial charge in [-0.25, -0.2) is 0 Å². The van der Waals surface area contributed by atoms with E-state index < -0.39 is 11.5 Å². The van der Waals surface area contributed by atoms with Gasteiger partial charge in [-0.2, -0.15) is 0 Å². The number of rotatable bonds is 3. The van der Waals surface area contributed by atoms with Gasteiger partial charge in [-0.3, -0.25) is 14.5 Å². The average Bonchev–Trinajstić information content (AvgIpc) is 3.35. The van der Waals surface area contributed by atoms with Gasteiger partial charge < -0.3 is 10.2 Å². The van der Waals surface area contributed by atoms with Crippen molar-refractivity contribution in [2.24, 2.45) is 5.92 Å². The van der Waals surface area contributed by atoms with Gasteiger partial charge in [0, 0.05) is 46.2 Å². The summed E-state index contributed by atoms with van der Waals surface area (Å²) in [6.07, 6.45) is 0.678. The molecule has 3 atom stereocenters. The molecule has 3 aliphatic heterocycles. The number of fused-ring (bicyclic) bond motifs is 4. The van der Waals surface area contributed by atoms with E-state index in [0.29, 0.717) is 23.7 Å². The van der Waals surface area contributed by atoms with Gasteiger partial charge in [0.05, 0.1) is 5.92 Å². The van der Waals surface area contributed by atoms with Crippen molar-refractivity contribution in [1.29, 1.82) is 0 Å². The monoisotopic (exact) mass is 427 g/mol. The lowest BCUT2D eigenvalue weighted by Crippen LogP contribution is -2.55. The Bertz CT molecular complexity index is 1000. The Balaban J connectivity index is 1.61. The van der Waals surface area contributed by atoms with E-state index in [1.807, 2.05) is 60.0 Å². The maximum atomic E-state index is 13.9. The number of likely N-dealkylation sites (N-methyl/N-ethyl adjacent to an activating group) is 1. The maximum absolute atomic E-state index is 13.9. The molecule has 0 unspecified atom stereocenters. The number of hydrogen-bond donors (Lipinski definition) is 1. The van der Waals surface area contributed by atoms with Crippen LogP contribution < -0.4 is 10.2 Å². The Morgan fingerprint density at radius 3 is 2.90 bits per heavy atom. The third-order valence-electron chi connectivity index (χ3n) is 6.35. The lowest BCUT2D eigenvalue weighted by Gasteiger charge is -2.36. The minimum absolute atomic E-state index is 0.0254. The molecule has 2 saturated heterocycles. The highest BCUT2D eigenvalue weighted by Crippen LogP contribution is 2.57. The summed E-state index contributed by atoms with van der Waals surface area (Å²) in [4.78, 5) is 31.5. The van der Waals surface area contributed by atoms with Crippen molar-refractivity contribution in [3.05, 3.63) is 59.1 Å². The number of amides is 2. The highest BCUT2D eigenvalue weighted by molar-refractivity contribution is 7.99. The van der Waals surface area contributed by atoms with Crippen LogP contribution in [0.25, 0.3) is 0 Å². The van der Waals surface area contributed by atoms with Crippen LogP contribution >= 0.6 is 23.4 Å². The summed E-state index contributed by atoms with van der Waals surface area (Å²) in [5, 5.41) is 3.59. The number of benzene rings is 2. The molecule has 5 rings (SSSR count). The van der Waals surface area contributed by atoms with Gasteiger partial charge in [0.25, 0.3) is 5.91 Å². The van der Waals surface area contributed by atoms with Crippen LogP contribution in [0.3, 0.4) is 0 Å². The van der Waals surface area contributed by atoms with E-state index in [1.54, 1.807) is 12.1 Å². The van der Waals surface area contributed by atoms with E-state index in [0.717, 1.165) is 22.9 Å². The van der Waals surface area contributed by atoms with E-state index in [1.165, 1.54) is 0 Å². The maximum Gasteiger partial charge on any atom is 0.253 e. The quantitative estimate of drug-likeness (QED) is 0.806. The number of para-hydroxylation sites is 1. The minimum Gasteiger partial charge on any atom is -0.326 e. The van der Waals surface area contributed by atoms with Crippen molar-refractivity contribution < 1.29 is 9.59 Å². The van der Waals surface area contributed by atoms with E-state index >= 15 is 0 Å². The first-order valence-electron chi connectivity index (χ1n) is 9.89. The molecule has 2 aromatic rings. The first-order chi connectivity index (χ1) is 14.1. The molecule has 0 aliphatic carbocycles. The SMILES string of the molecule is CCN1C(=O)[C@]2(c3ccccc31)[C@H](C(=O)Nc1cccc(Cl)c1)C[C@H]1CSCN12. The normalized spacial score (nSPS) is 28.1. The molecule has 3 aliphatic rings. The fourth-order valence-electron chi connectivity index (χ4n) is 5.19.